The number of hydrogen-bond donors (Lipinski definition) is 2. The van der Waals surface area contributed by atoms with Crippen molar-refractivity contribution in [3.05, 3.63) is 52.8 Å². The van der Waals surface area contributed by atoms with Crippen LogP contribution in [0.15, 0.2) is 30.3 Å². The molecular weight excluding hydrogens is 313 g/mol. The first-order valence-electron chi connectivity index (χ1n) is 6.48. The molecule has 0 fully saturated rings. The quantitative estimate of drug-likeness (QED) is 0.890. The van der Waals surface area contributed by atoms with Crippen LogP contribution in [0.2, 0.25) is 0 Å². The first kappa shape index (κ1) is 16.5. The van der Waals surface area contributed by atoms with Crippen molar-refractivity contribution in [2.45, 2.75) is 12.7 Å². The Bertz CT molecular complexity index is 735. The third-order valence-electron chi connectivity index (χ3n) is 3.11. The fourth-order valence-electron chi connectivity index (χ4n) is 1.95. The topological polar surface area (TPSA) is 90.0 Å². The molecule has 0 saturated carbocycles. The maximum atomic E-state index is 12.5. The molecule has 0 aliphatic rings. The summed E-state index contributed by atoms with van der Waals surface area (Å²) in [5, 5.41) is 6.31. The molecule has 2 amide bonds. The number of halogens is 3. The van der Waals surface area contributed by atoms with Gasteiger partial charge < -0.3 is 11.1 Å². The minimum Gasteiger partial charge on any atom is -0.364 e. The number of nitrogens with one attached hydrogen (secondary N) is 1. The summed E-state index contributed by atoms with van der Waals surface area (Å²) in [6.45, 7) is 0.00735. The smallest absolute Gasteiger partial charge is 0.364 e. The molecule has 3 N–H and O–H groups in total. The van der Waals surface area contributed by atoms with E-state index in [0.29, 0.717) is 5.56 Å². The molecule has 0 spiro atoms. The SMILES string of the molecule is CNC(=O)c1cc(C(N)=O)n(Cc2ccc(C(F)(F)F)cc2)n1. The molecule has 0 aliphatic carbocycles. The number of amides is 2. The van der Waals surface area contributed by atoms with E-state index < -0.39 is 23.6 Å². The van der Waals surface area contributed by atoms with Gasteiger partial charge in [0.2, 0.25) is 0 Å². The number of aromatic nitrogens is 2. The Morgan fingerprint density at radius 1 is 1.26 bits per heavy atom. The highest BCUT2D eigenvalue weighted by molar-refractivity contribution is 5.97. The van der Waals surface area contributed by atoms with Crippen molar-refractivity contribution in [2.75, 3.05) is 7.05 Å². The number of carbonyl (C=O) groups excluding carboxylic acids is 2. The third-order valence-corrected chi connectivity index (χ3v) is 3.11. The highest BCUT2D eigenvalue weighted by atomic mass is 19.4. The molecule has 1 aromatic heterocycles. The molecule has 0 bridgehead atoms. The molecule has 2 rings (SSSR count). The fourth-order valence-corrected chi connectivity index (χ4v) is 1.95. The van der Waals surface area contributed by atoms with E-state index in [4.69, 9.17) is 5.73 Å². The number of alkyl halides is 3. The molecule has 0 saturated heterocycles. The van der Waals surface area contributed by atoms with E-state index in [1.54, 1.807) is 0 Å². The number of rotatable bonds is 4. The van der Waals surface area contributed by atoms with E-state index in [0.717, 1.165) is 12.1 Å². The van der Waals surface area contributed by atoms with Gasteiger partial charge in [0.05, 0.1) is 12.1 Å². The fraction of sp³-hybridized carbons (Fsp3) is 0.214. The number of hydrogen-bond acceptors (Lipinski definition) is 3. The second-order valence-corrected chi connectivity index (χ2v) is 4.71. The summed E-state index contributed by atoms with van der Waals surface area (Å²) < 4.78 is 38.7. The zero-order chi connectivity index (χ0) is 17.2. The van der Waals surface area contributed by atoms with Crippen LogP contribution < -0.4 is 11.1 Å². The Morgan fingerprint density at radius 3 is 2.35 bits per heavy atom. The van der Waals surface area contributed by atoms with Crippen molar-refractivity contribution in [1.29, 1.82) is 0 Å². The van der Waals surface area contributed by atoms with E-state index in [1.165, 1.54) is 29.9 Å². The van der Waals surface area contributed by atoms with Crippen LogP contribution in [0.25, 0.3) is 0 Å². The normalized spacial score (nSPS) is 11.3. The van der Waals surface area contributed by atoms with Crippen LogP contribution >= 0.6 is 0 Å². The summed E-state index contributed by atoms with van der Waals surface area (Å²) in [7, 11) is 1.40. The van der Waals surface area contributed by atoms with Crippen molar-refractivity contribution in [3.63, 3.8) is 0 Å². The molecular formula is C14H13F3N4O2. The molecule has 2 aromatic rings. The minimum atomic E-state index is -4.42. The van der Waals surface area contributed by atoms with Crippen LogP contribution in [0.1, 0.15) is 32.1 Å². The van der Waals surface area contributed by atoms with Gasteiger partial charge in [-0.3, -0.25) is 14.3 Å². The lowest BCUT2D eigenvalue weighted by Crippen LogP contribution is -2.19. The Kier molecular flexibility index (Phi) is 4.39. The zero-order valence-electron chi connectivity index (χ0n) is 12.0. The van der Waals surface area contributed by atoms with Crippen LogP contribution in [-0.2, 0) is 12.7 Å². The van der Waals surface area contributed by atoms with Crippen molar-refractivity contribution < 1.29 is 22.8 Å². The van der Waals surface area contributed by atoms with Gasteiger partial charge in [0.25, 0.3) is 11.8 Å². The number of carbonyl (C=O) groups is 2. The van der Waals surface area contributed by atoms with E-state index in [2.05, 4.69) is 10.4 Å². The number of primary amides is 1. The third kappa shape index (κ3) is 3.68. The Morgan fingerprint density at radius 2 is 1.87 bits per heavy atom. The first-order valence-corrected chi connectivity index (χ1v) is 6.48. The van der Waals surface area contributed by atoms with E-state index in [9.17, 15) is 22.8 Å². The zero-order valence-corrected chi connectivity index (χ0v) is 12.0. The number of nitrogens with zero attached hydrogens (tertiary/aromatic N) is 2. The highest BCUT2D eigenvalue weighted by Gasteiger charge is 2.30. The van der Waals surface area contributed by atoms with Crippen molar-refractivity contribution >= 4 is 11.8 Å². The van der Waals surface area contributed by atoms with E-state index in [-0.39, 0.29) is 17.9 Å². The molecule has 9 heteroatoms. The molecule has 0 atom stereocenters. The molecule has 1 heterocycles. The summed E-state index contributed by atoms with van der Waals surface area (Å²) >= 11 is 0. The largest absolute Gasteiger partial charge is 0.416 e. The van der Waals surface area contributed by atoms with Gasteiger partial charge in [-0.2, -0.15) is 18.3 Å². The summed E-state index contributed by atoms with van der Waals surface area (Å²) in [5.41, 5.74) is 4.91. The van der Waals surface area contributed by atoms with Gasteiger partial charge in [-0.15, -0.1) is 0 Å². The van der Waals surface area contributed by atoms with Gasteiger partial charge in [-0.05, 0) is 17.7 Å². The number of benzene rings is 1. The predicted octanol–water partition coefficient (Wildman–Crippen LogP) is 1.41. The molecule has 122 valence electrons. The Balaban J connectivity index is 2.30. The summed E-state index contributed by atoms with van der Waals surface area (Å²) in [5.74, 6) is -1.29. The van der Waals surface area contributed by atoms with Gasteiger partial charge in [-0.1, -0.05) is 12.1 Å². The molecule has 0 aliphatic heterocycles. The van der Waals surface area contributed by atoms with E-state index in [1.807, 2.05) is 0 Å². The van der Waals surface area contributed by atoms with Gasteiger partial charge in [-0.25, -0.2) is 0 Å². The Hall–Kier alpha value is -2.84. The van der Waals surface area contributed by atoms with Crippen LogP contribution in [0.5, 0.6) is 0 Å². The highest BCUT2D eigenvalue weighted by Crippen LogP contribution is 2.29. The van der Waals surface area contributed by atoms with Gasteiger partial charge in [0, 0.05) is 13.1 Å². The van der Waals surface area contributed by atoms with E-state index >= 15 is 0 Å². The lowest BCUT2D eigenvalue weighted by molar-refractivity contribution is -0.137. The summed E-state index contributed by atoms with van der Waals surface area (Å²) in [6, 6.07) is 5.64. The molecule has 0 radical (unpaired) electrons. The maximum absolute atomic E-state index is 12.5. The molecule has 6 nitrogen and oxygen atoms in total. The maximum Gasteiger partial charge on any atom is 0.416 e. The van der Waals surface area contributed by atoms with Crippen LogP contribution in [0.4, 0.5) is 13.2 Å². The van der Waals surface area contributed by atoms with Crippen molar-refractivity contribution in [3.8, 4) is 0 Å². The molecule has 23 heavy (non-hydrogen) atoms. The number of nitrogens with two attached hydrogens (primary N) is 1. The van der Waals surface area contributed by atoms with Gasteiger partial charge >= 0.3 is 6.18 Å². The second-order valence-electron chi connectivity index (χ2n) is 4.71. The molecule has 1 aromatic carbocycles. The average Bonchev–Trinajstić information content (AvgIpc) is 2.90. The minimum absolute atomic E-state index is 0.00629. The van der Waals surface area contributed by atoms with Crippen LogP contribution in [0.3, 0.4) is 0 Å². The van der Waals surface area contributed by atoms with Crippen LogP contribution in [0, 0.1) is 0 Å². The Labute approximate surface area is 129 Å². The van der Waals surface area contributed by atoms with Crippen molar-refractivity contribution in [2.24, 2.45) is 5.73 Å². The molecule has 0 unspecified atom stereocenters. The first-order chi connectivity index (χ1) is 10.7. The summed E-state index contributed by atoms with van der Waals surface area (Å²) in [6.07, 6.45) is -4.42. The standard InChI is InChI=1S/C14H13F3N4O2/c1-19-13(23)10-6-11(12(18)22)21(20-10)7-8-2-4-9(5-3-8)14(15,16)17/h2-6H,7H2,1H3,(H2,18,22)(H,19,23). The summed E-state index contributed by atoms with van der Waals surface area (Å²) in [4.78, 5) is 22.9. The lowest BCUT2D eigenvalue weighted by atomic mass is 10.1. The van der Waals surface area contributed by atoms with Crippen LogP contribution in [-0.4, -0.2) is 28.6 Å². The second kappa shape index (κ2) is 6.11. The lowest BCUT2D eigenvalue weighted by Gasteiger charge is -2.08. The van der Waals surface area contributed by atoms with Gasteiger partial charge in [0.15, 0.2) is 5.69 Å². The average molecular weight is 326 g/mol. The monoisotopic (exact) mass is 326 g/mol. The van der Waals surface area contributed by atoms with Gasteiger partial charge in [0.1, 0.15) is 5.69 Å². The van der Waals surface area contributed by atoms with Crippen molar-refractivity contribution in [1.82, 2.24) is 15.1 Å². The predicted molar refractivity (Wildman–Crippen MR) is 74.7 cm³/mol.